The third-order valence-corrected chi connectivity index (χ3v) is 9.27. The van der Waals surface area contributed by atoms with Crippen LogP contribution in [0.3, 0.4) is 0 Å². The van der Waals surface area contributed by atoms with Crippen molar-refractivity contribution in [2.75, 3.05) is 50.1 Å². The Morgan fingerprint density at radius 1 is 1.12 bits per heavy atom. The Balaban J connectivity index is 1.56. The van der Waals surface area contributed by atoms with Crippen molar-refractivity contribution in [3.05, 3.63) is 53.5 Å². The Kier molecular flexibility index (Phi) is 7.54. The van der Waals surface area contributed by atoms with E-state index in [0.717, 1.165) is 35.1 Å². The van der Waals surface area contributed by atoms with E-state index < -0.39 is 5.82 Å². The highest BCUT2D eigenvalue weighted by Gasteiger charge is 2.36. The van der Waals surface area contributed by atoms with Crippen LogP contribution in [0.15, 0.2) is 37.1 Å². The smallest absolute Gasteiger partial charge is 0.246 e. The molecule has 1 N–H and O–H groups in total. The summed E-state index contributed by atoms with van der Waals surface area (Å²) in [5.74, 6) is 0.654. The number of hydrogen-bond donors (Lipinski definition) is 1. The molecule has 2 aliphatic rings. The average molecular weight is 605 g/mol. The first-order valence-electron chi connectivity index (χ1n) is 14.8. The summed E-state index contributed by atoms with van der Waals surface area (Å²) >= 11 is 7.02. The van der Waals surface area contributed by atoms with Crippen molar-refractivity contribution in [1.82, 2.24) is 30.0 Å². The number of piperazine rings is 1. The lowest BCUT2D eigenvalue weighted by Gasteiger charge is -2.45. The number of nitrogens with one attached hydrogen (secondary N) is 1. The van der Waals surface area contributed by atoms with Gasteiger partial charge in [-0.05, 0) is 57.6 Å². The van der Waals surface area contributed by atoms with E-state index >= 15 is 4.39 Å². The molecule has 1 amide bonds. The van der Waals surface area contributed by atoms with Crippen molar-refractivity contribution in [2.24, 2.45) is 0 Å². The van der Waals surface area contributed by atoms with Crippen LogP contribution in [0, 0.1) is 5.82 Å². The van der Waals surface area contributed by atoms with Gasteiger partial charge in [0.25, 0.3) is 0 Å². The highest BCUT2D eigenvalue weighted by molar-refractivity contribution is 6.35. The number of benzene rings is 2. The molecule has 0 saturated carbocycles. The highest BCUT2D eigenvalue weighted by Crippen LogP contribution is 2.44. The Hall–Kier alpha value is -3.76. The number of carbonyl (C=O) groups is 1. The molecule has 0 aliphatic carbocycles. The van der Waals surface area contributed by atoms with Gasteiger partial charge in [-0.15, -0.1) is 0 Å². The molecule has 2 atom stereocenters. The van der Waals surface area contributed by atoms with E-state index in [1.54, 1.807) is 12.3 Å². The van der Waals surface area contributed by atoms with Crippen LogP contribution in [-0.2, 0) is 4.79 Å². The monoisotopic (exact) mass is 604 g/mol. The van der Waals surface area contributed by atoms with Gasteiger partial charge in [0.05, 0.1) is 16.7 Å². The molecule has 0 bridgehead atoms. The molecule has 0 radical (unpaired) electrons. The number of fused-ring (bicyclic) bond motifs is 2. The molecule has 2 saturated heterocycles. The SMILES string of the molecule is C=CC(=O)N1C[C@H](C)N(c2nc(N3CC(N(C)C)C3)nc3c(F)c(-c4c(C(C)C)ccc5[nH]ncc45)c(Cl)cc23)C[C@H]1C. The van der Waals surface area contributed by atoms with Gasteiger partial charge < -0.3 is 19.6 Å². The maximum atomic E-state index is 17.1. The summed E-state index contributed by atoms with van der Waals surface area (Å²) in [6.07, 6.45) is 3.08. The highest BCUT2D eigenvalue weighted by atomic mass is 35.5. The van der Waals surface area contributed by atoms with Gasteiger partial charge in [-0.1, -0.05) is 38.1 Å². The number of H-pyrrole nitrogens is 1. The van der Waals surface area contributed by atoms with Crippen molar-refractivity contribution in [1.29, 1.82) is 0 Å². The van der Waals surface area contributed by atoms with E-state index in [1.807, 2.05) is 24.0 Å². The van der Waals surface area contributed by atoms with Gasteiger partial charge >= 0.3 is 0 Å². The van der Waals surface area contributed by atoms with E-state index in [4.69, 9.17) is 21.6 Å². The Morgan fingerprint density at radius 3 is 2.53 bits per heavy atom. The van der Waals surface area contributed by atoms with Crippen LogP contribution in [-0.4, -0.2) is 94.3 Å². The van der Waals surface area contributed by atoms with Crippen molar-refractivity contribution in [3.8, 4) is 11.1 Å². The number of nitrogens with zero attached hydrogens (tertiary/aromatic N) is 7. The van der Waals surface area contributed by atoms with Crippen LogP contribution in [0.25, 0.3) is 32.9 Å². The average Bonchev–Trinajstić information content (AvgIpc) is 3.42. The molecule has 0 unspecified atom stereocenters. The molecule has 0 spiro atoms. The first-order chi connectivity index (χ1) is 20.5. The lowest BCUT2D eigenvalue weighted by atomic mass is 9.89. The zero-order valence-corrected chi connectivity index (χ0v) is 26.3. The number of likely N-dealkylation sites (N-methyl/N-ethyl adjacent to an activating group) is 1. The molecule has 4 aromatic rings. The maximum Gasteiger partial charge on any atom is 0.246 e. The number of amides is 1. The summed E-state index contributed by atoms with van der Waals surface area (Å²) in [6.45, 7) is 14.4. The van der Waals surface area contributed by atoms with Crippen molar-refractivity contribution >= 4 is 51.1 Å². The fourth-order valence-electron chi connectivity index (χ4n) is 6.34. The van der Waals surface area contributed by atoms with E-state index in [0.29, 0.717) is 41.8 Å². The summed E-state index contributed by atoms with van der Waals surface area (Å²) < 4.78 is 17.1. The molecule has 2 aliphatic heterocycles. The second-order valence-electron chi connectivity index (χ2n) is 12.4. The minimum absolute atomic E-state index is 0.0781. The minimum atomic E-state index is -0.478. The molecular weight excluding hydrogens is 567 g/mol. The third kappa shape index (κ3) is 4.90. The first kappa shape index (κ1) is 29.3. The number of halogens is 2. The van der Waals surface area contributed by atoms with Gasteiger partial charge in [0, 0.05) is 66.2 Å². The standard InChI is InChI=1S/C32H38ClFN8O/c1-8-26(43)41-13-19(5)42(14-18(41)4)31-22-11-24(33)28(27-21(17(2)3)9-10-25-23(27)12-35-38-25)29(34)30(22)36-32(37-31)40-15-20(16-40)39(6)7/h8-12,17-20H,1,13-16H2,2-7H3,(H,35,38)/t18-,19+/m1/s1. The predicted molar refractivity (Wildman–Crippen MR) is 172 cm³/mol. The van der Waals surface area contributed by atoms with Crippen LogP contribution in [0.1, 0.15) is 39.2 Å². The zero-order chi connectivity index (χ0) is 30.7. The zero-order valence-electron chi connectivity index (χ0n) is 25.5. The quantitative estimate of drug-likeness (QED) is 0.293. The summed E-state index contributed by atoms with van der Waals surface area (Å²) in [7, 11) is 4.11. The van der Waals surface area contributed by atoms with Crippen molar-refractivity contribution in [2.45, 2.75) is 51.7 Å². The summed E-state index contributed by atoms with van der Waals surface area (Å²) in [5.41, 5.74) is 3.06. The third-order valence-electron chi connectivity index (χ3n) is 8.97. The van der Waals surface area contributed by atoms with Gasteiger partial charge in [-0.2, -0.15) is 10.1 Å². The fourth-order valence-corrected chi connectivity index (χ4v) is 6.63. The molecular formula is C32H38ClFN8O. The van der Waals surface area contributed by atoms with Gasteiger partial charge in [0.15, 0.2) is 5.82 Å². The van der Waals surface area contributed by atoms with Crippen LogP contribution in [0.4, 0.5) is 16.2 Å². The normalized spacial score (nSPS) is 19.6. The van der Waals surface area contributed by atoms with Crippen LogP contribution in [0.2, 0.25) is 5.02 Å². The van der Waals surface area contributed by atoms with Crippen LogP contribution >= 0.6 is 11.6 Å². The van der Waals surface area contributed by atoms with E-state index in [9.17, 15) is 4.79 Å². The molecule has 2 fully saturated rings. The van der Waals surface area contributed by atoms with Gasteiger partial charge in [-0.25, -0.2) is 9.37 Å². The lowest BCUT2D eigenvalue weighted by molar-refractivity contribution is -0.128. The van der Waals surface area contributed by atoms with Crippen molar-refractivity contribution < 1.29 is 9.18 Å². The molecule has 226 valence electrons. The number of aromatic nitrogens is 4. The summed E-state index contributed by atoms with van der Waals surface area (Å²) in [4.78, 5) is 30.7. The number of hydrogen-bond acceptors (Lipinski definition) is 7. The number of carbonyl (C=O) groups excluding carboxylic acids is 1. The number of rotatable bonds is 6. The summed E-state index contributed by atoms with van der Waals surface area (Å²) in [6, 6.07) is 5.97. The number of aromatic amines is 1. The predicted octanol–water partition coefficient (Wildman–Crippen LogP) is 5.45. The molecule has 2 aromatic heterocycles. The van der Waals surface area contributed by atoms with Gasteiger partial charge in [-0.3, -0.25) is 9.89 Å². The Labute approximate surface area is 256 Å². The van der Waals surface area contributed by atoms with Crippen LogP contribution < -0.4 is 9.80 Å². The minimum Gasteiger partial charge on any atom is -0.349 e. The van der Waals surface area contributed by atoms with Gasteiger partial charge in [0.2, 0.25) is 11.9 Å². The number of anilines is 2. The fraction of sp³-hybridized carbons (Fsp3) is 0.438. The molecule has 6 rings (SSSR count). The van der Waals surface area contributed by atoms with Crippen molar-refractivity contribution in [3.63, 3.8) is 0 Å². The molecule has 43 heavy (non-hydrogen) atoms. The lowest BCUT2D eigenvalue weighted by Crippen LogP contribution is -2.59. The molecule has 2 aromatic carbocycles. The Morgan fingerprint density at radius 2 is 1.86 bits per heavy atom. The second-order valence-corrected chi connectivity index (χ2v) is 12.8. The largest absolute Gasteiger partial charge is 0.349 e. The van der Waals surface area contributed by atoms with E-state index in [2.05, 4.69) is 66.3 Å². The molecule has 9 nitrogen and oxygen atoms in total. The maximum absolute atomic E-state index is 17.1. The Bertz CT molecular complexity index is 1730. The van der Waals surface area contributed by atoms with E-state index in [1.165, 1.54) is 6.08 Å². The molecule has 4 heterocycles. The van der Waals surface area contributed by atoms with E-state index in [-0.39, 0.29) is 34.4 Å². The van der Waals surface area contributed by atoms with Gasteiger partial charge in [0.1, 0.15) is 11.3 Å². The van der Waals surface area contributed by atoms with Crippen LogP contribution in [0.5, 0.6) is 0 Å². The summed E-state index contributed by atoms with van der Waals surface area (Å²) in [5, 5.41) is 8.89. The second kappa shape index (κ2) is 11.1. The first-order valence-corrected chi connectivity index (χ1v) is 15.1. The molecule has 11 heteroatoms. The topological polar surface area (TPSA) is 84.5 Å².